The molecule has 11 heteroatoms. The number of nitrogens with zero attached hydrogens (tertiary/aromatic N) is 1. The Balaban J connectivity index is 2.13. The first-order valence-electron chi connectivity index (χ1n) is 7.94. The maximum Gasteiger partial charge on any atom is 0.274 e. The molecular formula is C17H17FN4O5S. The number of hydrogen-bond donors (Lipinski definition) is 3. The van der Waals surface area contributed by atoms with Crippen LogP contribution < -0.4 is 24.9 Å². The minimum atomic E-state index is -3.90. The minimum absolute atomic E-state index is 0.118. The van der Waals surface area contributed by atoms with Gasteiger partial charge in [0.05, 0.1) is 19.6 Å². The Bertz CT molecular complexity index is 1210. The number of aromatic nitrogens is 2. The second kappa shape index (κ2) is 7.54. The molecule has 9 nitrogen and oxygen atoms in total. The summed E-state index contributed by atoms with van der Waals surface area (Å²) in [5.41, 5.74) is 0.212. The molecule has 1 aromatic heterocycles. The molecule has 4 N–H and O–H groups in total. The lowest BCUT2D eigenvalue weighted by atomic mass is 10.0. The highest BCUT2D eigenvalue weighted by molar-refractivity contribution is 7.87. The first kappa shape index (κ1) is 19.7. The molecule has 0 amide bonds. The second-order valence-corrected chi connectivity index (χ2v) is 7.21. The third kappa shape index (κ3) is 3.96. The van der Waals surface area contributed by atoms with Crippen molar-refractivity contribution in [1.82, 2.24) is 14.9 Å². The van der Waals surface area contributed by atoms with Gasteiger partial charge in [-0.3, -0.25) is 4.79 Å². The first-order chi connectivity index (χ1) is 13.2. The smallest absolute Gasteiger partial charge is 0.274 e. The normalized spacial score (nSPS) is 11.6. The van der Waals surface area contributed by atoms with Crippen LogP contribution in [-0.2, 0) is 16.8 Å². The zero-order valence-electron chi connectivity index (χ0n) is 14.9. The molecule has 0 aliphatic rings. The Labute approximate surface area is 159 Å². The van der Waals surface area contributed by atoms with Crippen LogP contribution in [0.5, 0.6) is 11.5 Å². The average Bonchev–Trinajstić information content (AvgIpc) is 2.66. The van der Waals surface area contributed by atoms with Gasteiger partial charge in [-0.25, -0.2) is 14.6 Å². The zero-order valence-corrected chi connectivity index (χ0v) is 15.8. The lowest BCUT2D eigenvalue weighted by Crippen LogP contribution is -2.30. The van der Waals surface area contributed by atoms with Gasteiger partial charge in [0.1, 0.15) is 11.5 Å². The Morgan fingerprint density at radius 1 is 1.14 bits per heavy atom. The van der Waals surface area contributed by atoms with Crippen LogP contribution in [-0.4, -0.2) is 32.8 Å². The molecule has 3 rings (SSSR count). The van der Waals surface area contributed by atoms with Gasteiger partial charge < -0.3 is 9.47 Å². The summed E-state index contributed by atoms with van der Waals surface area (Å²) in [7, 11) is -1.01. The quantitative estimate of drug-likeness (QED) is 0.557. The Morgan fingerprint density at radius 3 is 2.36 bits per heavy atom. The molecule has 0 bridgehead atoms. The number of fused-ring (bicyclic) bond motifs is 1. The first-order valence-corrected chi connectivity index (χ1v) is 9.48. The van der Waals surface area contributed by atoms with Gasteiger partial charge in [-0.2, -0.15) is 18.2 Å². The fourth-order valence-electron chi connectivity index (χ4n) is 2.74. The fraction of sp³-hybridized carbons (Fsp3) is 0.176. The van der Waals surface area contributed by atoms with E-state index in [1.165, 1.54) is 32.4 Å². The number of nitrogens with one attached hydrogen (secondary N) is 2. The van der Waals surface area contributed by atoms with Crippen molar-refractivity contribution in [3.05, 3.63) is 52.1 Å². The van der Waals surface area contributed by atoms with E-state index in [-0.39, 0.29) is 23.2 Å². The summed E-state index contributed by atoms with van der Waals surface area (Å²) in [5, 5.41) is 11.8. The highest BCUT2D eigenvalue weighted by Gasteiger charge is 2.17. The number of nitrogens with two attached hydrogens (primary N) is 1. The van der Waals surface area contributed by atoms with Gasteiger partial charge in [-0.1, -0.05) is 6.07 Å². The SMILES string of the molecule is COc1cc2c(-c3ccc(CNS(N)(=O)=O)cc3F)n[nH]c(=O)c2cc1OC. The van der Waals surface area contributed by atoms with E-state index in [0.717, 1.165) is 6.07 Å². The van der Waals surface area contributed by atoms with E-state index >= 15 is 0 Å². The maximum atomic E-state index is 14.7. The molecule has 2 aromatic carbocycles. The minimum Gasteiger partial charge on any atom is -0.493 e. The molecule has 3 aromatic rings. The van der Waals surface area contributed by atoms with Gasteiger partial charge >= 0.3 is 0 Å². The topological polar surface area (TPSA) is 136 Å². The monoisotopic (exact) mass is 408 g/mol. The largest absolute Gasteiger partial charge is 0.493 e. The molecule has 0 atom stereocenters. The standard InChI is InChI=1S/C17H17FN4O5S/c1-26-14-6-11-12(7-15(14)27-2)17(23)22-21-16(11)10-4-3-9(5-13(10)18)8-20-28(19,24)25/h3-7,20H,8H2,1-2H3,(H,22,23)(H2,19,24,25). The van der Waals surface area contributed by atoms with Crippen molar-refractivity contribution in [3.63, 3.8) is 0 Å². The van der Waals surface area contributed by atoms with Crippen molar-refractivity contribution >= 4 is 21.0 Å². The van der Waals surface area contributed by atoms with Crippen LogP contribution in [0.1, 0.15) is 5.56 Å². The average molecular weight is 408 g/mol. The van der Waals surface area contributed by atoms with Crippen molar-refractivity contribution in [2.24, 2.45) is 5.14 Å². The summed E-state index contributed by atoms with van der Waals surface area (Å²) >= 11 is 0. The molecule has 0 unspecified atom stereocenters. The van der Waals surface area contributed by atoms with Gasteiger partial charge in [0, 0.05) is 17.5 Å². The molecule has 0 radical (unpaired) electrons. The van der Waals surface area contributed by atoms with Gasteiger partial charge in [-0.15, -0.1) is 0 Å². The molecule has 28 heavy (non-hydrogen) atoms. The number of benzene rings is 2. The lowest BCUT2D eigenvalue weighted by Gasteiger charge is -2.12. The van der Waals surface area contributed by atoms with Gasteiger partial charge in [-0.05, 0) is 29.8 Å². The number of ether oxygens (including phenoxy) is 2. The summed E-state index contributed by atoms with van der Waals surface area (Å²) in [6, 6.07) is 7.15. The number of H-pyrrole nitrogens is 1. The molecule has 1 heterocycles. The second-order valence-electron chi connectivity index (χ2n) is 5.83. The Kier molecular flexibility index (Phi) is 5.31. The van der Waals surface area contributed by atoms with Crippen molar-refractivity contribution in [2.45, 2.75) is 6.54 Å². The van der Waals surface area contributed by atoms with Crippen LogP contribution in [0, 0.1) is 5.82 Å². The Morgan fingerprint density at radius 2 is 1.79 bits per heavy atom. The lowest BCUT2D eigenvalue weighted by molar-refractivity contribution is 0.356. The Hall–Kier alpha value is -3.02. The van der Waals surface area contributed by atoms with E-state index < -0.39 is 21.6 Å². The summed E-state index contributed by atoms with van der Waals surface area (Å²) in [6.45, 7) is -0.166. The third-order valence-electron chi connectivity index (χ3n) is 4.06. The van der Waals surface area contributed by atoms with Crippen LogP contribution in [0.3, 0.4) is 0 Å². The molecule has 0 saturated heterocycles. The molecule has 0 saturated carbocycles. The fourth-order valence-corrected chi connectivity index (χ4v) is 3.11. The number of methoxy groups -OCH3 is 2. The third-order valence-corrected chi connectivity index (χ3v) is 4.61. The number of aromatic amines is 1. The maximum absolute atomic E-state index is 14.7. The van der Waals surface area contributed by atoms with Crippen LogP contribution in [0.25, 0.3) is 22.0 Å². The van der Waals surface area contributed by atoms with Crippen LogP contribution in [0.4, 0.5) is 4.39 Å². The predicted octanol–water partition coefficient (Wildman–Crippen LogP) is 1.04. The van der Waals surface area contributed by atoms with E-state index in [0.29, 0.717) is 22.4 Å². The molecule has 148 valence electrons. The predicted molar refractivity (Wildman–Crippen MR) is 101 cm³/mol. The molecule has 0 aliphatic carbocycles. The van der Waals surface area contributed by atoms with E-state index in [1.807, 2.05) is 0 Å². The highest BCUT2D eigenvalue weighted by Crippen LogP contribution is 2.35. The van der Waals surface area contributed by atoms with Gasteiger partial charge in [0.25, 0.3) is 15.8 Å². The molecule has 0 aliphatic heterocycles. The number of rotatable bonds is 6. The van der Waals surface area contributed by atoms with Crippen LogP contribution in [0.2, 0.25) is 0 Å². The van der Waals surface area contributed by atoms with Crippen LogP contribution in [0.15, 0.2) is 35.1 Å². The van der Waals surface area contributed by atoms with E-state index in [1.54, 1.807) is 6.07 Å². The van der Waals surface area contributed by atoms with Crippen molar-refractivity contribution in [3.8, 4) is 22.8 Å². The van der Waals surface area contributed by atoms with Crippen molar-refractivity contribution < 1.29 is 22.3 Å². The van der Waals surface area contributed by atoms with Gasteiger partial charge in [0.15, 0.2) is 11.5 Å². The molecule has 0 fully saturated rings. The summed E-state index contributed by atoms with van der Waals surface area (Å²) in [6.07, 6.45) is 0. The van der Waals surface area contributed by atoms with E-state index in [9.17, 15) is 17.6 Å². The highest BCUT2D eigenvalue weighted by atomic mass is 32.2. The molecule has 0 spiro atoms. The van der Waals surface area contributed by atoms with Crippen molar-refractivity contribution in [1.29, 1.82) is 0 Å². The molecular weight excluding hydrogens is 391 g/mol. The van der Waals surface area contributed by atoms with Crippen LogP contribution >= 0.6 is 0 Å². The summed E-state index contributed by atoms with van der Waals surface area (Å²) in [4.78, 5) is 12.2. The van der Waals surface area contributed by atoms with E-state index in [2.05, 4.69) is 14.9 Å². The van der Waals surface area contributed by atoms with Crippen molar-refractivity contribution in [2.75, 3.05) is 14.2 Å². The zero-order chi connectivity index (χ0) is 20.5. The number of hydrogen-bond acceptors (Lipinski definition) is 6. The number of halogens is 1. The van der Waals surface area contributed by atoms with E-state index in [4.69, 9.17) is 14.6 Å². The summed E-state index contributed by atoms with van der Waals surface area (Å²) in [5.74, 6) is 0.0601. The summed E-state index contributed by atoms with van der Waals surface area (Å²) < 4.78 is 49.2. The van der Waals surface area contributed by atoms with Gasteiger partial charge in [0.2, 0.25) is 0 Å².